The van der Waals surface area contributed by atoms with E-state index in [0.29, 0.717) is 103 Å². The summed E-state index contributed by atoms with van der Waals surface area (Å²) in [5, 5.41) is 0. The molecule has 0 aromatic carbocycles. The van der Waals surface area contributed by atoms with Gasteiger partial charge >= 0.3 is 33.5 Å². The van der Waals surface area contributed by atoms with Crippen LogP contribution in [0.3, 0.4) is 0 Å². The minimum Gasteiger partial charge on any atom is -0.374 e. The highest BCUT2D eigenvalue weighted by Crippen LogP contribution is 2.44. The van der Waals surface area contributed by atoms with Crippen LogP contribution in [0.4, 0.5) is 0 Å². The molecule has 0 aliphatic heterocycles. The summed E-state index contributed by atoms with van der Waals surface area (Å²) in [5.41, 5.74) is 0. The second-order valence-electron chi connectivity index (χ2n) is 19.6. The molecule has 12 nitrogen and oxygen atoms in total. The average Bonchev–Trinajstić information content (AvgIpc) is 3.74. The maximum atomic E-state index is 6.33. The van der Waals surface area contributed by atoms with Gasteiger partial charge in [0.25, 0.3) is 0 Å². The van der Waals surface area contributed by atoms with Gasteiger partial charge < -0.3 is 53.1 Å². The first-order chi connectivity index (χ1) is 38.0. The van der Waals surface area contributed by atoms with Crippen LogP contribution in [0.15, 0.2) is 0 Å². The highest BCUT2D eigenvalue weighted by atomic mass is 33.1. The van der Waals surface area contributed by atoms with Crippen molar-refractivity contribution in [3.05, 3.63) is 0 Å². The lowest BCUT2D eigenvalue weighted by atomic mass is 9.84. The largest absolute Gasteiger partial charge is 0.573 e. The molecule has 2 fully saturated rings. The fraction of sp³-hybridized carbons (Fsp3) is 1.00. The SMILES string of the molecule is CCO[Si](CCCSSCCC1CC(CCSSCCC2CCCC(CS[Si](OCC)(OCC)OCC)C(CCSSCCC[Si](OCC)(OCC)OCC)C2)CCCC1CS[Si](OCC)(OCC)OCC)(OCC)OCC. The van der Waals surface area contributed by atoms with Gasteiger partial charge in [-0.1, -0.05) is 113 Å². The zero-order chi connectivity index (χ0) is 57.1. The maximum Gasteiger partial charge on any atom is 0.573 e. The predicted molar refractivity (Wildman–Crippen MR) is 357 cm³/mol. The molecule has 0 heterocycles. The van der Waals surface area contributed by atoms with Crippen LogP contribution in [0.2, 0.25) is 12.1 Å². The standard InChI is InChI=1S/C54H114O12S8Si4/c1-13-55-75(56-14-2,57-15-3)43-27-37-67-71-41-35-51-45-49(29-25-31-53(51)47-73-77(61-19-7,62-20-8)63-21-9)33-39-69-70-40-34-50-30-26-32-54(48-74-78(64-22-10,65-23-11)66-24-12)52(46-50)36-42-72-68-38-28-44-76(58-16-4,59-17-5)60-18-6/h49-54H,13-48H2,1-12H3. The lowest BCUT2D eigenvalue weighted by molar-refractivity contribution is 0.0704. The smallest absolute Gasteiger partial charge is 0.374 e. The second kappa shape index (κ2) is 49.1. The van der Waals surface area contributed by atoms with E-state index in [1.165, 1.54) is 100 Å². The lowest BCUT2D eigenvalue weighted by Crippen LogP contribution is -2.46. The molecular formula is C54H114O12S8Si4. The fourth-order valence-electron chi connectivity index (χ4n) is 10.8. The normalized spacial score (nSPS) is 21.1. The summed E-state index contributed by atoms with van der Waals surface area (Å²) in [6.07, 6.45) is 17.8. The van der Waals surface area contributed by atoms with Gasteiger partial charge in [0.1, 0.15) is 0 Å². The van der Waals surface area contributed by atoms with Gasteiger partial charge in [-0.05, 0) is 194 Å². The second-order valence-corrected chi connectivity index (χ2v) is 42.9. The third-order valence-corrected chi connectivity index (χ3v) is 38.9. The summed E-state index contributed by atoms with van der Waals surface area (Å²) in [5.74, 6) is 13.4. The molecule has 0 spiro atoms. The zero-order valence-corrected chi connectivity index (χ0v) is 61.6. The number of hydrogen-bond acceptors (Lipinski definition) is 20. The summed E-state index contributed by atoms with van der Waals surface area (Å²) in [4.78, 5) is 0. The van der Waals surface area contributed by atoms with E-state index in [1.807, 2.05) is 85.6 Å². The Morgan fingerprint density at radius 3 is 0.859 bits per heavy atom. The van der Waals surface area contributed by atoms with Crippen molar-refractivity contribution in [1.29, 1.82) is 0 Å². The first-order valence-corrected chi connectivity index (χ1v) is 48.9. The Kier molecular flexibility index (Phi) is 48.7. The monoisotopic (exact) mass is 1320 g/mol. The molecule has 0 N–H and O–H groups in total. The van der Waals surface area contributed by atoms with E-state index in [4.69, 9.17) is 53.1 Å². The minimum atomic E-state index is -2.78. The van der Waals surface area contributed by atoms with Crippen molar-refractivity contribution in [3.8, 4) is 0 Å². The van der Waals surface area contributed by atoms with E-state index in [0.717, 1.165) is 59.8 Å². The van der Waals surface area contributed by atoms with Gasteiger partial charge in [0, 0.05) is 126 Å². The minimum absolute atomic E-state index is 0.620. The topological polar surface area (TPSA) is 111 Å². The van der Waals surface area contributed by atoms with Gasteiger partial charge in [0.05, 0.1) is 0 Å². The summed E-state index contributed by atoms with van der Waals surface area (Å²) < 4.78 is 74.8. The quantitative estimate of drug-likeness (QED) is 0.0249. The first kappa shape index (κ1) is 77.3. The van der Waals surface area contributed by atoms with Crippen LogP contribution in [-0.4, -0.2) is 159 Å². The van der Waals surface area contributed by atoms with Gasteiger partial charge in [0.15, 0.2) is 0 Å². The van der Waals surface area contributed by atoms with Crippen LogP contribution in [0.1, 0.15) is 173 Å². The molecule has 78 heavy (non-hydrogen) atoms. The van der Waals surface area contributed by atoms with Gasteiger partial charge in [0.2, 0.25) is 0 Å². The Morgan fingerprint density at radius 2 is 0.577 bits per heavy atom. The number of rotatable bonds is 53. The third kappa shape index (κ3) is 32.4. The molecule has 0 aromatic rings. The average molecular weight is 1320 g/mol. The Labute approximate surface area is 515 Å². The van der Waals surface area contributed by atoms with E-state index in [2.05, 4.69) is 84.7 Å². The molecule has 2 rings (SSSR count). The first-order valence-electron chi connectivity index (χ1n) is 30.7. The predicted octanol–water partition coefficient (Wildman–Crippen LogP) is 17.0. The van der Waals surface area contributed by atoms with Gasteiger partial charge in [-0.25, -0.2) is 0 Å². The van der Waals surface area contributed by atoms with Crippen LogP contribution >= 0.6 is 87.2 Å². The van der Waals surface area contributed by atoms with Crippen molar-refractivity contribution in [2.45, 2.75) is 185 Å². The fourth-order valence-corrected chi connectivity index (χ4v) is 34.4. The zero-order valence-electron chi connectivity index (χ0n) is 51.1. The van der Waals surface area contributed by atoms with Crippen molar-refractivity contribution in [2.75, 3.05) is 125 Å². The summed E-state index contributed by atoms with van der Waals surface area (Å²) in [6, 6.07) is 1.77. The molecule has 2 saturated carbocycles. The maximum absolute atomic E-state index is 6.33. The van der Waals surface area contributed by atoms with Crippen LogP contribution in [-0.2, 0) is 53.1 Å². The van der Waals surface area contributed by atoms with Crippen molar-refractivity contribution < 1.29 is 53.1 Å². The Balaban J connectivity index is 2.04. The molecule has 0 saturated heterocycles. The summed E-state index contributed by atoms with van der Waals surface area (Å²) in [6.45, 7) is 32.2. The molecule has 6 atom stereocenters. The molecule has 0 aromatic heterocycles. The van der Waals surface area contributed by atoms with E-state index in [-0.39, 0.29) is 0 Å². The summed E-state index contributed by atoms with van der Waals surface area (Å²) in [7, 11) is 1.70. The molecule has 0 radical (unpaired) electrons. The Morgan fingerprint density at radius 1 is 0.308 bits per heavy atom. The highest BCUT2D eigenvalue weighted by molar-refractivity contribution is 8.77. The van der Waals surface area contributed by atoms with Crippen LogP contribution < -0.4 is 0 Å². The molecular weight excluding hydrogens is 1210 g/mol. The van der Waals surface area contributed by atoms with Crippen molar-refractivity contribution >= 4 is 121 Å². The molecule has 2 aliphatic rings. The Hall–Kier alpha value is 3.19. The van der Waals surface area contributed by atoms with Gasteiger partial charge in [-0.15, -0.1) is 0 Å². The van der Waals surface area contributed by atoms with E-state index in [1.54, 1.807) is 0 Å². The van der Waals surface area contributed by atoms with Gasteiger partial charge in [-0.3, -0.25) is 0 Å². The lowest BCUT2D eigenvalue weighted by Gasteiger charge is -2.31. The number of hydrogen-bond donors (Lipinski definition) is 0. The van der Waals surface area contributed by atoms with Crippen LogP contribution in [0.5, 0.6) is 0 Å². The molecule has 0 amide bonds. The van der Waals surface area contributed by atoms with E-state index >= 15 is 0 Å². The Bertz CT molecular complexity index is 1230. The molecule has 2 aliphatic carbocycles. The van der Waals surface area contributed by atoms with Crippen molar-refractivity contribution in [2.24, 2.45) is 35.5 Å². The molecule has 0 bridgehead atoms. The highest BCUT2D eigenvalue weighted by Gasteiger charge is 2.46. The third-order valence-electron chi connectivity index (χ3n) is 14.1. The summed E-state index contributed by atoms with van der Waals surface area (Å²) >= 11 is 3.76. The van der Waals surface area contributed by atoms with Crippen molar-refractivity contribution in [3.63, 3.8) is 0 Å². The van der Waals surface area contributed by atoms with E-state index < -0.39 is 33.5 Å². The van der Waals surface area contributed by atoms with Gasteiger partial charge in [-0.2, -0.15) is 0 Å². The van der Waals surface area contributed by atoms with E-state index in [9.17, 15) is 0 Å². The van der Waals surface area contributed by atoms with Crippen LogP contribution in [0, 0.1) is 35.5 Å². The van der Waals surface area contributed by atoms with Crippen molar-refractivity contribution in [1.82, 2.24) is 0 Å². The molecule has 6 unspecified atom stereocenters. The van der Waals surface area contributed by atoms with Crippen LogP contribution in [0.25, 0.3) is 0 Å². The molecule has 24 heteroatoms. The molecule has 466 valence electrons.